The van der Waals surface area contributed by atoms with Gasteiger partial charge >= 0.3 is 0 Å². The number of carbonyl (C=O) groups excluding carboxylic acids is 1. The molecule has 1 unspecified atom stereocenters. The molecule has 4 heterocycles. The molecule has 0 saturated carbocycles. The number of fused-ring (bicyclic) bond motifs is 1. The molecule has 2 saturated heterocycles. The molecule has 0 radical (unpaired) electrons. The van der Waals surface area contributed by atoms with Crippen LogP contribution in [0.2, 0.25) is 0 Å². The summed E-state index contributed by atoms with van der Waals surface area (Å²) in [6.45, 7) is 6.42. The molecule has 1 atom stereocenters. The number of hydrogen-bond acceptors (Lipinski definition) is 7. The lowest BCUT2D eigenvalue weighted by molar-refractivity contribution is -0.125. The second-order valence-corrected chi connectivity index (χ2v) is 8.03. The molecule has 0 aliphatic carbocycles. The van der Waals surface area contributed by atoms with Crippen molar-refractivity contribution < 1.29 is 9.53 Å². The van der Waals surface area contributed by atoms with Gasteiger partial charge in [0.25, 0.3) is 5.56 Å². The number of piperidine rings is 1. The highest BCUT2D eigenvalue weighted by Crippen LogP contribution is 2.21. The van der Waals surface area contributed by atoms with Crippen molar-refractivity contribution in [2.75, 3.05) is 57.4 Å². The van der Waals surface area contributed by atoms with Crippen LogP contribution in [0.15, 0.2) is 23.1 Å². The third kappa shape index (κ3) is 4.62. The van der Waals surface area contributed by atoms with E-state index in [1.165, 1.54) is 4.57 Å². The molecule has 2 aromatic heterocycles. The number of aryl methyl sites for hydroxylation is 1. The molecule has 2 aliphatic heterocycles. The van der Waals surface area contributed by atoms with E-state index in [-0.39, 0.29) is 17.4 Å². The summed E-state index contributed by atoms with van der Waals surface area (Å²) in [5.74, 6) is 0.349. The number of morpholine rings is 1. The van der Waals surface area contributed by atoms with Crippen LogP contribution >= 0.6 is 0 Å². The van der Waals surface area contributed by atoms with Gasteiger partial charge in [-0.05, 0) is 37.9 Å². The van der Waals surface area contributed by atoms with E-state index in [0.717, 1.165) is 58.7 Å². The summed E-state index contributed by atoms with van der Waals surface area (Å²) >= 11 is 0. The molecule has 30 heavy (non-hydrogen) atoms. The molecule has 1 N–H and O–H groups in total. The number of aromatic nitrogens is 3. The summed E-state index contributed by atoms with van der Waals surface area (Å²) < 4.78 is 6.90. The van der Waals surface area contributed by atoms with Crippen molar-refractivity contribution in [1.29, 1.82) is 0 Å². The van der Waals surface area contributed by atoms with Crippen LogP contribution in [-0.2, 0) is 16.6 Å². The topological polar surface area (TPSA) is 92.6 Å². The van der Waals surface area contributed by atoms with Gasteiger partial charge in [-0.1, -0.05) is 0 Å². The van der Waals surface area contributed by atoms with Gasteiger partial charge in [0.1, 0.15) is 5.52 Å². The van der Waals surface area contributed by atoms with Crippen molar-refractivity contribution in [2.24, 2.45) is 13.0 Å². The monoisotopic (exact) mass is 414 g/mol. The summed E-state index contributed by atoms with van der Waals surface area (Å²) in [6.07, 6.45) is 4.29. The molecule has 1 amide bonds. The Kier molecular flexibility index (Phi) is 6.59. The Labute approximate surface area is 176 Å². The lowest BCUT2D eigenvalue weighted by Gasteiger charge is -2.32. The van der Waals surface area contributed by atoms with Gasteiger partial charge in [0.15, 0.2) is 11.5 Å². The third-order valence-electron chi connectivity index (χ3n) is 5.95. The zero-order chi connectivity index (χ0) is 20.9. The number of anilines is 1. The molecule has 9 nitrogen and oxygen atoms in total. The van der Waals surface area contributed by atoms with Crippen LogP contribution in [0.5, 0.6) is 0 Å². The first-order valence-corrected chi connectivity index (χ1v) is 10.8. The van der Waals surface area contributed by atoms with Crippen molar-refractivity contribution >= 4 is 22.9 Å². The Morgan fingerprint density at radius 1 is 1.30 bits per heavy atom. The molecule has 2 aliphatic rings. The van der Waals surface area contributed by atoms with E-state index in [1.807, 2.05) is 17.0 Å². The first kappa shape index (κ1) is 20.7. The highest BCUT2D eigenvalue weighted by molar-refractivity contribution is 5.79. The lowest BCUT2D eigenvalue weighted by Crippen LogP contribution is -2.46. The van der Waals surface area contributed by atoms with Gasteiger partial charge in [0, 0.05) is 46.0 Å². The van der Waals surface area contributed by atoms with Crippen LogP contribution in [0.1, 0.15) is 19.3 Å². The van der Waals surface area contributed by atoms with Gasteiger partial charge in [0.05, 0.1) is 19.1 Å². The van der Waals surface area contributed by atoms with Crippen molar-refractivity contribution in [2.45, 2.75) is 19.3 Å². The largest absolute Gasteiger partial charge is 0.379 e. The number of ether oxygens (including phenoxy) is 1. The molecule has 4 rings (SSSR count). The molecule has 162 valence electrons. The second kappa shape index (κ2) is 9.53. The van der Waals surface area contributed by atoms with E-state index in [0.29, 0.717) is 30.1 Å². The Morgan fingerprint density at radius 2 is 2.13 bits per heavy atom. The number of amides is 1. The zero-order valence-electron chi connectivity index (χ0n) is 17.5. The van der Waals surface area contributed by atoms with E-state index >= 15 is 0 Å². The summed E-state index contributed by atoms with van der Waals surface area (Å²) in [7, 11) is 1.71. The third-order valence-corrected chi connectivity index (χ3v) is 5.95. The minimum Gasteiger partial charge on any atom is -0.379 e. The fourth-order valence-corrected chi connectivity index (χ4v) is 4.22. The number of pyridine rings is 1. The Hall–Kier alpha value is -2.52. The standard InChI is InChI=1S/C21H30N6O3/c1-25-18-17(6-2-7-22-18)24-19(21(25)29)27-10-3-5-16(15-27)20(28)23-8-4-9-26-11-13-30-14-12-26/h2,6-7,16H,3-5,8-15H2,1H3,(H,23,28). The summed E-state index contributed by atoms with van der Waals surface area (Å²) in [4.78, 5) is 38.7. The number of rotatable bonds is 6. The van der Waals surface area contributed by atoms with Crippen LogP contribution in [-0.4, -0.2) is 77.8 Å². The molecule has 2 fully saturated rings. The van der Waals surface area contributed by atoms with Gasteiger partial charge in [-0.2, -0.15) is 0 Å². The maximum absolute atomic E-state index is 12.8. The van der Waals surface area contributed by atoms with Gasteiger partial charge in [0.2, 0.25) is 5.91 Å². The van der Waals surface area contributed by atoms with Gasteiger partial charge in [-0.15, -0.1) is 0 Å². The highest BCUT2D eigenvalue weighted by Gasteiger charge is 2.28. The number of carbonyl (C=O) groups is 1. The average molecular weight is 415 g/mol. The number of hydrogen-bond donors (Lipinski definition) is 1. The maximum Gasteiger partial charge on any atom is 0.294 e. The van der Waals surface area contributed by atoms with Crippen LogP contribution in [0.25, 0.3) is 11.2 Å². The SMILES string of the molecule is Cn1c(=O)c(N2CCCC(C(=O)NCCCN3CCOCC3)C2)nc2cccnc21. The molecular weight excluding hydrogens is 384 g/mol. The van der Waals surface area contributed by atoms with E-state index in [4.69, 9.17) is 4.74 Å². The quantitative estimate of drug-likeness (QED) is 0.684. The van der Waals surface area contributed by atoms with E-state index in [1.54, 1.807) is 13.2 Å². The Balaban J connectivity index is 1.35. The van der Waals surface area contributed by atoms with Crippen molar-refractivity contribution in [3.05, 3.63) is 28.7 Å². The number of nitrogens with zero attached hydrogens (tertiary/aromatic N) is 5. The van der Waals surface area contributed by atoms with Crippen LogP contribution < -0.4 is 15.8 Å². The summed E-state index contributed by atoms with van der Waals surface area (Å²) in [6, 6.07) is 3.67. The van der Waals surface area contributed by atoms with Crippen LogP contribution in [0.3, 0.4) is 0 Å². The first-order chi connectivity index (χ1) is 14.6. The van der Waals surface area contributed by atoms with Crippen LogP contribution in [0, 0.1) is 5.92 Å². The average Bonchev–Trinajstić information content (AvgIpc) is 2.80. The van der Waals surface area contributed by atoms with Crippen LogP contribution in [0.4, 0.5) is 5.82 Å². The van der Waals surface area contributed by atoms with Crippen molar-refractivity contribution in [3.63, 3.8) is 0 Å². The van der Waals surface area contributed by atoms with Gasteiger partial charge in [-0.3, -0.25) is 19.1 Å². The lowest BCUT2D eigenvalue weighted by atomic mass is 9.97. The minimum absolute atomic E-state index is 0.0703. The fraction of sp³-hybridized carbons (Fsp3) is 0.619. The molecule has 9 heteroatoms. The number of nitrogens with one attached hydrogen (secondary N) is 1. The van der Waals surface area contributed by atoms with Gasteiger partial charge in [-0.25, -0.2) is 9.97 Å². The van der Waals surface area contributed by atoms with Crippen molar-refractivity contribution in [1.82, 2.24) is 24.8 Å². The molecular formula is C21H30N6O3. The van der Waals surface area contributed by atoms with E-state index in [9.17, 15) is 9.59 Å². The first-order valence-electron chi connectivity index (χ1n) is 10.8. The molecule has 0 aromatic carbocycles. The Bertz CT molecular complexity index is 940. The normalized spacial score (nSPS) is 20.4. The minimum atomic E-state index is -0.173. The fourth-order valence-electron chi connectivity index (χ4n) is 4.22. The molecule has 0 spiro atoms. The summed E-state index contributed by atoms with van der Waals surface area (Å²) in [5, 5.41) is 3.08. The van der Waals surface area contributed by atoms with Crippen molar-refractivity contribution in [3.8, 4) is 0 Å². The maximum atomic E-state index is 12.8. The van der Waals surface area contributed by atoms with E-state index in [2.05, 4.69) is 20.2 Å². The highest BCUT2D eigenvalue weighted by atomic mass is 16.5. The predicted molar refractivity (Wildman–Crippen MR) is 115 cm³/mol. The smallest absolute Gasteiger partial charge is 0.294 e. The second-order valence-electron chi connectivity index (χ2n) is 8.03. The Morgan fingerprint density at radius 3 is 2.97 bits per heavy atom. The molecule has 0 bridgehead atoms. The molecule has 2 aromatic rings. The zero-order valence-corrected chi connectivity index (χ0v) is 17.5. The van der Waals surface area contributed by atoms with Gasteiger partial charge < -0.3 is 15.0 Å². The van der Waals surface area contributed by atoms with E-state index < -0.39 is 0 Å². The predicted octanol–water partition coefficient (Wildman–Crippen LogP) is 0.383. The summed E-state index contributed by atoms with van der Waals surface area (Å²) in [5.41, 5.74) is 1.08.